The highest BCUT2D eigenvalue weighted by Crippen LogP contribution is 2.33. The highest BCUT2D eigenvalue weighted by Gasteiger charge is 2.32. The standard InChI is InChI=1S/C18H14FN5O3/c19-14-7-11(24-9-16(21-10-25)27-18(24)26)4-5-12(14)17-13(8-22-23-17)15-3-1-2-6-20-15/h1-8,10,16H,9H2,(H,21,25)(H,22,23). The Labute approximate surface area is 153 Å². The Bertz CT molecular complexity index is 992. The Hall–Kier alpha value is -3.75. The van der Waals surface area contributed by atoms with Crippen LogP contribution in [0, 0.1) is 5.82 Å². The van der Waals surface area contributed by atoms with Gasteiger partial charge in [-0.3, -0.25) is 19.8 Å². The van der Waals surface area contributed by atoms with Gasteiger partial charge in [-0.2, -0.15) is 5.10 Å². The van der Waals surface area contributed by atoms with Gasteiger partial charge in [-0.05, 0) is 30.3 Å². The fourth-order valence-electron chi connectivity index (χ4n) is 2.92. The number of anilines is 1. The van der Waals surface area contributed by atoms with Crippen LogP contribution < -0.4 is 10.2 Å². The lowest BCUT2D eigenvalue weighted by Gasteiger charge is -2.14. The topological polar surface area (TPSA) is 100 Å². The van der Waals surface area contributed by atoms with Gasteiger partial charge in [-0.25, -0.2) is 9.18 Å². The molecule has 3 heterocycles. The van der Waals surface area contributed by atoms with E-state index in [0.717, 1.165) is 0 Å². The number of H-pyrrole nitrogens is 1. The summed E-state index contributed by atoms with van der Waals surface area (Å²) >= 11 is 0. The van der Waals surface area contributed by atoms with Crippen molar-refractivity contribution in [3.05, 3.63) is 54.6 Å². The average Bonchev–Trinajstić information content (AvgIpc) is 3.29. The number of nitrogens with zero attached hydrogens (tertiary/aromatic N) is 3. The Morgan fingerprint density at radius 3 is 2.93 bits per heavy atom. The number of cyclic esters (lactones) is 1. The minimum absolute atomic E-state index is 0.0968. The van der Waals surface area contributed by atoms with E-state index in [-0.39, 0.29) is 6.54 Å². The molecule has 0 bridgehead atoms. The van der Waals surface area contributed by atoms with Crippen LogP contribution in [0.15, 0.2) is 48.8 Å². The summed E-state index contributed by atoms with van der Waals surface area (Å²) in [7, 11) is 0. The Kier molecular flexibility index (Phi) is 4.25. The van der Waals surface area contributed by atoms with Crippen molar-refractivity contribution in [1.82, 2.24) is 20.5 Å². The van der Waals surface area contributed by atoms with E-state index in [4.69, 9.17) is 4.74 Å². The van der Waals surface area contributed by atoms with Gasteiger partial charge in [0, 0.05) is 17.3 Å². The van der Waals surface area contributed by atoms with Crippen LogP contribution in [0.1, 0.15) is 0 Å². The van der Waals surface area contributed by atoms with E-state index < -0.39 is 18.1 Å². The van der Waals surface area contributed by atoms with Gasteiger partial charge in [0.25, 0.3) is 0 Å². The maximum absolute atomic E-state index is 14.8. The van der Waals surface area contributed by atoms with Crippen molar-refractivity contribution in [3.63, 3.8) is 0 Å². The summed E-state index contributed by atoms with van der Waals surface area (Å²) in [5, 5.41) is 9.17. The van der Waals surface area contributed by atoms with Gasteiger partial charge in [-0.1, -0.05) is 6.07 Å². The molecule has 1 aliphatic rings. The monoisotopic (exact) mass is 367 g/mol. The van der Waals surface area contributed by atoms with Crippen LogP contribution >= 0.6 is 0 Å². The van der Waals surface area contributed by atoms with E-state index in [1.165, 1.54) is 11.0 Å². The van der Waals surface area contributed by atoms with Gasteiger partial charge >= 0.3 is 6.09 Å². The molecule has 8 nitrogen and oxygen atoms in total. The lowest BCUT2D eigenvalue weighted by atomic mass is 10.0. The number of carbonyl (C=O) groups excluding carboxylic acids is 2. The first-order valence-corrected chi connectivity index (χ1v) is 8.10. The quantitative estimate of drug-likeness (QED) is 0.674. The lowest BCUT2D eigenvalue weighted by molar-refractivity contribution is -0.111. The van der Waals surface area contributed by atoms with Gasteiger partial charge in [0.1, 0.15) is 5.82 Å². The van der Waals surface area contributed by atoms with Crippen LogP contribution in [-0.2, 0) is 9.53 Å². The van der Waals surface area contributed by atoms with Gasteiger partial charge < -0.3 is 10.1 Å². The molecule has 1 aromatic carbocycles. The number of pyridine rings is 1. The molecule has 9 heteroatoms. The summed E-state index contributed by atoms with van der Waals surface area (Å²) in [4.78, 5) is 27.9. The molecule has 27 heavy (non-hydrogen) atoms. The van der Waals surface area contributed by atoms with Crippen molar-refractivity contribution in [2.45, 2.75) is 6.23 Å². The van der Waals surface area contributed by atoms with Crippen molar-refractivity contribution in [2.75, 3.05) is 11.4 Å². The van der Waals surface area contributed by atoms with E-state index in [2.05, 4.69) is 20.5 Å². The first kappa shape index (κ1) is 16.7. The third-order valence-electron chi connectivity index (χ3n) is 4.18. The number of benzene rings is 1. The third-order valence-corrected chi connectivity index (χ3v) is 4.18. The van der Waals surface area contributed by atoms with Crippen LogP contribution in [-0.4, -0.2) is 40.5 Å². The van der Waals surface area contributed by atoms with Gasteiger partial charge in [0.2, 0.25) is 6.41 Å². The zero-order valence-corrected chi connectivity index (χ0v) is 13.9. The highest BCUT2D eigenvalue weighted by atomic mass is 19.1. The Morgan fingerprint density at radius 2 is 2.19 bits per heavy atom. The molecule has 3 aromatic rings. The number of rotatable bonds is 5. The molecule has 0 spiro atoms. The predicted molar refractivity (Wildman–Crippen MR) is 94.0 cm³/mol. The molecule has 4 rings (SSSR count). The summed E-state index contributed by atoms with van der Waals surface area (Å²) < 4.78 is 19.8. The zero-order valence-electron chi connectivity index (χ0n) is 13.9. The van der Waals surface area contributed by atoms with Gasteiger partial charge in [0.05, 0.1) is 29.8 Å². The predicted octanol–water partition coefficient (Wildman–Crippen LogP) is 2.31. The second-order valence-corrected chi connectivity index (χ2v) is 5.81. The Balaban J connectivity index is 1.65. The van der Waals surface area contributed by atoms with E-state index in [1.807, 2.05) is 6.07 Å². The zero-order chi connectivity index (χ0) is 18.8. The summed E-state index contributed by atoms with van der Waals surface area (Å²) in [5.74, 6) is -0.534. The van der Waals surface area contributed by atoms with Crippen molar-refractivity contribution in [1.29, 1.82) is 0 Å². The number of halogens is 1. The Morgan fingerprint density at radius 1 is 1.30 bits per heavy atom. The number of hydrogen-bond donors (Lipinski definition) is 2. The van der Waals surface area contributed by atoms with Crippen molar-refractivity contribution in [2.24, 2.45) is 0 Å². The largest absolute Gasteiger partial charge is 0.423 e. The molecule has 1 unspecified atom stereocenters. The van der Waals surface area contributed by atoms with E-state index >= 15 is 0 Å². The number of carbonyl (C=O) groups is 2. The van der Waals surface area contributed by atoms with E-state index in [1.54, 1.807) is 36.7 Å². The molecule has 2 amide bonds. The number of nitrogens with one attached hydrogen (secondary N) is 2. The van der Waals surface area contributed by atoms with E-state index in [9.17, 15) is 14.0 Å². The SMILES string of the molecule is O=CNC1CN(c2ccc(-c3[nH]ncc3-c3ccccn3)c(F)c2)C(=O)O1. The molecule has 1 atom stereocenters. The van der Waals surface area contributed by atoms with Crippen LogP contribution in [0.3, 0.4) is 0 Å². The van der Waals surface area contributed by atoms with Crippen molar-refractivity contribution in [3.8, 4) is 22.5 Å². The summed E-state index contributed by atoms with van der Waals surface area (Å²) in [6, 6.07) is 9.83. The smallest absolute Gasteiger partial charge is 0.416 e. The minimum Gasteiger partial charge on any atom is -0.423 e. The first-order chi connectivity index (χ1) is 13.2. The van der Waals surface area contributed by atoms with Crippen LogP contribution in [0.4, 0.5) is 14.9 Å². The summed E-state index contributed by atoms with van der Waals surface area (Å²) in [6.07, 6.45) is 2.26. The van der Waals surface area contributed by atoms with Crippen LogP contribution in [0.25, 0.3) is 22.5 Å². The maximum Gasteiger partial charge on any atom is 0.416 e. The van der Waals surface area contributed by atoms with Crippen molar-refractivity contribution < 1.29 is 18.7 Å². The number of ether oxygens (including phenoxy) is 1. The fourth-order valence-corrected chi connectivity index (χ4v) is 2.92. The normalized spacial score (nSPS) is 16.3. The van der Waals surface area contributed by atoms with Crippen LogP contribution in [0.2, 0.25) is 0 Å². The number of aromatic nitrogens is 3. The molecule has 1 fully saturated rings. The molecule has 0 radical (unpaired) electrons. The molecule has 1 aliphatic heterocycles. The molecular formula is C18H14FN5O3. The first-order valence-electron chi connectivity index (χ1n) is 8.10. The molecule has 136 valence electrons. The molecular weight excluding hydrogens is 353 g/mol. The maximum atomic E-state index is 14.8. The lowest BCUT2D eigenvalue weighted by Crippen LogP contribution is -2.32. The van der Waals surface area contributed by atoms with Crippen LogP contribution in [0.5, 0.6) is 0 Å². The molecule has 0 aliphatic carbocycles. The van der Waals surface area contributed by atoms with Crippen molar-refractivity contribution >= 4 is 18.2 Å². The molecule has 0 saturated carbocycles. The second kappa shape index (κ2) is 6.87. The van der Waals surface area contributed by atoms with Gasteiger partial charge in [0.15, 0.2) is 6.23 Å². The summed E-state index contributed by atoms with van der Waals surface area (Å²) in [6.45, 7) is 0.0968. The molecule has 1 saturated heterocycles. The minimum atomic E-state index is -0.763. The average molecular weight is 367 g/mol. The molecule has 2 aromatic heterocycles. The highest BCUT2D eigenvalue weighted by molar-refractivity contribution is 5.90. The number of amides is 2. The fraction of sp³-hybridized carbons (Fsp3) is 0.111. The third kappa shape index (κ3) is 3.10. The van der Waals surface area contributed by atoms with Gasteiger partial charge in [-0.15, -0.1) is 0 Å². The molecule has 2 N–H and O–H groups in total. The number of hydrogen-bond acceptors (Lipinski definition) is 5. The number of aromatic amines is 1. The summed E-state index contributed by atoms with van der Waals surface area (Å²) in [5.41, 5.74) is 2.44. The second-order valence-electron chi connectivity index (χ2n) is 5.81. The van der Waals surface area contributed by atoms with E-state index in [0.29, 0.717) is 34.6 Å².